The molecule has 0 atom stereocenters. The van der Waals surface area contributed by atoms with Crippen molar-refractivity contribution in [1.82, 2.24) is 20.7 Å². The predicted octanol–water partition coefficient (Wildman–Crippen LogP) is 2.61. The number of rotatable bonds is 4. The number of carbonyl (C=O) groups excluding carboxylic acids is 2. The largest absolute Gasteiger partial charge is 0.454 e. The zero-order chi connectivity index (χ0) is 20.5. The fourth-order valence-electron chi connectivity index (χ4n) is 3.97. The fourth-order valence-corrected chi connectivity index (χ4v) is 3.97. The van der Waals surface area contributed by atoms with Crippen molar-refractivity contribution in [3.63, 3.8) is 0 Å². The molecule has 1 saturated carbocycles. The number of fused-ring (bicyclic) bond motifs is 2. The Morgan fingerprint density at radius 1 is 0.933 bits per heavy atom. The zero-order valence-corrected chi connectivity index (χ0v) is 16.2. The van der Waals surface area contributed by atoms with Crippen molar-refractivity contribution in [3.05, 3.63) is 42.0 Å². The van der Waals surface area contributed by atoms with Crippen molar-refractivity contribution in [2.24, 2.45) is 5.92 Å². The quantitative estimate of drug-likeness (QED) is 0.612. The summed E-state index contributed by atoms with van der Waals surface area (Å²) in [4.78, 5) is 25.2. The first-order valence-corrected chi connectivity index (χ1v) is 9.97. The highest BCUT2D eigenvalue weighted by molar-refractivity contribution is 5.96. The summed E-state index contributed by atoms with van der Waals surface area (Å²) < 4.78 is 10.6. The molecule has 0 radical (unpaired) electrons. The van der Waals surface area contributed by atoms with Crippen molar-refractivity contribution < 1.29 is 19.1 Å². The molecule has 2 aromatic carbocycles. The summed E-state index contributed by atoms with van der Waals surface area (Å²) in [6, 6.07) is 10.7. The van der Waals surface area contributed by atoms with E-state index in [-0.39, 0.29) is 30.6 Å². The van der Waals surface area contributed by atoms with Crippen LogP contribution in [0.3, 0.4) is 0 Å². The molecule has 9 nitrogen and oxygen atoms in total. The topological polar surface area (TPSA) is 118 Å². The molecule has 0 bridgehead atoms. The standard InChI is InChI=1S/C21H21N5O4/c27-20(23-15-6-7-16-17(10-15)25-26-24-16)12-1-4-14(5-2-12)22-21(28)13-3-8-18-19(9-13)30-11-29-18/h3,6-10,12,14H,1-2,4-5,11H2,(H,22,28)(H,23,27)(H,24,25,26). The van der Waals surface area contributed by atoms with Crippen molar-refractivity contribution in [2.75, 3.05) is 12.1 Å². The molecule has 1 aromatic heterocycles. The number of carbonyl (C=O) groups is 2. The Kier molecular flexibility index (Phi) is 4.70. The van der Waals surface area contributed by atoms with E-state index in [1.165, 1.54) is 0 Å². The monoisotopic (exact) mass is 407 g/mol. The lowest BCUT2D eigenvalue weighted by Gasteiger charge is -2.28. The number of aromatic amines is 1. The summed E-state index contributed by atoms with van der Waals surface area (Å²) in [6.45, 7) is 0.179. The first-order valence-electron chi connectivity index (χ1n) is 9.97. The number of nitrogens with one attached hydrogen (secondary N) is 3. The van der Waals surface area contributed by atoms with E-state index in [0.717, 1.165) is 31.2 Å². The molecule has 2 amide bonds. The van der Waals surface area contributed by atoms with Crippen LogP contribution in [0.5, 0.6) is 11.5 Å². The highest BCUT2D eigenvalue weighted by Crippen LogP contribution is 2.33. The van der Waals surface area contributed by atoms with Gasteiger partial charge in [-0.1, -0.05) is 0 Å². The SMILES string of the molecule is O=C(NC1CCC(C(=O)Nc2ccc3n[nH]nc3c2)CC1)c1ccc2c(c1)OCO2. The van der Waals surface area contributed by atoms with E-state index in [2.05, 4.69) is 26.0 Å². The first kappa shape index (κ1) is 18.4. The van der Waals surface area contributed by atoms with Gasteiger partial charge in [-0.25, -0.2) is 0 Å². The normalized spacial score (nSPS) is 20.1. The third-order valence-electron chi connectivity index (χ3n) is 5.65. The Balaban J connectivity index is 1.14. The van der Waals surface area contributed by atoms with Gasteiger partial charge in [0.25, 0.3) is 5.91 Å². The Hall–Kier alpha value is -3.62. The molecular formula is C21H21N5O4. The van der Waals surface area contributed by atoms with E-state index < -0.39 is 0 Å². The summed E-state index contributed by atoms with van der Waals surface area (Å²) in [5.41, 5.74) is 2.72. The number of hydrogen-bond donors (Lipinski definition) is 3. The highest BCUT2D eigenvalue weighted by atomic mass is 16.7. The molecular weight excluding hydrogens is 386 g/mol. The van der Waals surface area contributed by atoms with Crippen LogP contribution in [0.4, 0.5) is 5.69 Å². The third-order valence-corrected chi connectivity index (χ3v) is 5.65. The van der Waals surface area contributed by atoms with Crippen LogP contribution in [0.15, 0.2) is 36.4 Å². The van der Waals surface area contributed by atoms with Gasteiger partial charge in [0.15, 0.2) is 11.5 Å². The van der Waals surface area contributed by atoms with Crippen molar-refractivity contribution in [3.8, 4) is 11.5 Å². The average molecular weight is 407 g/mol. The maximum Gasteiger partial charge on any atom is 0.251 e. The van der Waals surface area contributed by atoms with Gasteiger partial charge < -0.3 is 20.1 Å². The van der Waals surface area contributed by atoms with Crippen LogP contribution in [-0.2, 0) is 4.79 Å². The van der Waals surface area contributed by atoms with E-state index in [9.17, 15) is 9.59 Å². The van der Waals surface area contributed by atoms with Gasteiger partial charge in [-0.2, -0.15) is 15.4 Å². The minimum absolute atomic E-state index is 0.00149. The van der Waals surface area contributed by atoms with E-state index >= 15 is 0 Å². The summed E-state index contributed by atoms with van der Waals surface area (Å²) in [6.07, 6.45) is 2.97. The molecule has 1 aliphatic carbocycles. The van der Waals surface area contributed by atoms with E-state index in [4.69, 9.17) is 9.47 Å². The molecule has 3 aromatic rings. The number of amides is 2. The smallest absolute Gasteiger partial charge is 0.251 e. The van der Waals surface area contributed by atoms with Crippen LogP contribution in [0, 0.1) is 5.92 Å². The molecule has 154 valence electrons. The Labute approximate surface area is 172 Å². The van der Waals surface area contributed by atoms with Crippen LogP contribution in [0.25, 0.3) is 11.0 Å². The molecule has 2 heterocycles. The minimum Gasteiger partial charge on any atom is -0.454 e. The van der Waals surface area contributed by atoms with Gasteiger partial charge in [0, 0.05) is 23.2 Å². The Bertz CT molecular complexity index is 1100. The highest BCUT2D eigenvalue weighted by Gasteiger charge is 2.28. The van der Waals surface area contributed by atoms with Gasteiger partial charge in [-0.3, -0.25) is 9.59 Å². The van der Waals surface area contributed by atoms with Crippen LogP contribution < -0.4 is 20.1 Å². The molecule has 30 heavy (non-hydrogen) atoms. The summed E-state index contributed by atoms with van der Waals surface area (Å²) in [7, 11) is 0. The number of hydrogen-bond acceptors (Lipinski definition) is 6. The van der Waals surface area contributed by atoms with E-state index in [1.807, 2.05) is 12.1 Å². The zero-order valence-electron chi connectivity index (χ0n) is 16.2. The molecule has 2 aliphatic rings. The molecule has 3 N–H and O–H groups in total. The van der Waals surface area contributed by atoms with Crippen molar-refractivity contribution >= 4 is 28.5 Å². The number of H-pyrrole nitrogens is 1. The van der Waals surface area contributed by atoms with Crippen molar-refractivity contribution in [2.45, 2.75) is 31.7 Å². The van der Waals surface area contributed by atoms with Gasteiger partial charge in [0.2, 0.25) is 12.7 Å². The van der Waals surface area contributed by atoms with Crippen LogP contribution >= 0.6 is 0 Å². The van der Waals surface area contributed by atoms with Crippen LogP contribution in [0.2, 0.25) is 0 Å². The predicted molar refractivity (Wildman–Crippen MR) is 108 cm³/mol. The lowest BCUT2D eigenvalue weighted by Crippen LogP contribution is -2.39. The van der Waals surface area contributed by atoms with Gasteiger partial charge in [-0.05, 0) is 62.1 Å². The van der Waals surface area contributed by atoms with Gasteiger partial charge in [0.05, 0.1) is 0 Å². The van der Waals surface area contributed by atoms with Gasteiger partial charge in [-0.15, -0.1) is 0 Å². The number of anilines is 1. The molecule has 0 unspecified atom stereocenters. The van der Waals surface area contributed by atoms with Crippen LogP contribution in [0.1, 0.15) is 36.0 Å². The minimum atomic E-state index is -0.137. The molecule has 0 saturated heterocycles. The maximum atomic E-state index is 12.6. The molecule has 9 heteroatoms. The van der Waals surface area contributed by atoms with Crippen molar-refractivity contribution in [1.29, 1.82) is 0 Å². The number of ether oxygens (including phenoxy) is 2. The van der Waals surface area contributed by atoms with Crippen LogP contribution in [-0.4, -0.2) is 40.1 Å². The lowest BCUT2D eigenvalue weighted by molar-refractivity contribution is -0.120. The second-order valence-electron chi connectivity index (χ2n) is 7.61. The van der Waals surface area contributed by atoms with Gasteiger partial charge >= 0.3 is 0 Å². The second-order valence-corrected chi connectivity index (χ2v) is 7.61. The molecule has 1 aliphatic heterocycles. The molecule has 0 spiro atoms. The number of aromatic nitrogens is 3. The van der Waals surface area contributed by atoms with E-state index in [1.54, 1.807) is 24.3 Å². The van der Waals surface area contributed by atoms with Gasteiger partial charge in [0.1, 0.15) is 11.0 Å². The molecule has 5 rings (SSSR count). The first-order chi connectivity index (χ1) is 14.7. The summed E-state index contributed by atoms with van der Waals surface area (Å²) in [5, 5.41) is 16.6. The Morgan fingerprint density at radius 2 is 1.73 bits per heavy atom. The molecule has 1 fully saturated rings. The Morgan fingerprint density at radius 3 is 2.60 bits per heavy atom. The summed E-state index contributed by atoms with van der Waals surface area (Å²) >= 11 is 0. The maximum absolute atomic E-state index is 12.6. The summed E-state index contributed by atoms with van der Waals surface area (Å²) in [5.74, 6) is 1.03. The number of benzene rings is 2. The fraction of sp³-hybridized carbons (Fsp3) is 0.333. The third kappa shape index (κ3) is 3.66. The second kappa shape index (κ2) is 7.66. The van der Waals surface area contributed by atoms with E-state index in [0.29, 0.717) is 28.3 Å². The number of nitrogens with zero attached hydrogens (tertiary/aromatic N) is 2. The average Bonchev–Trinajstić information content (AvgIpc) is 3.42. The lowest BCUT2D eigenvalue weighted by atomic mass is 9.85.